The van der Waals surface area contributed by atoms with Crippen LogP contribution in [0, 0.1) is 5.82 Å². The highest BCUT2D eigenvalue weighted by Gasteiger charge is 2.04. The number of carbonyl (C=O) groups excluding carboxylic acids is 1. The summed E-state index contributed by atoms with van der Waals surface area (Å²) >= 11 is 1.75. The third-order valence-corrected chi connectivity index (χ3v) is 4.19. The number of halogens is 2. The van der Waals surface area contributed by atoms with E-state index < -0.39 is 0 Å². The van der Waals surface area contributed by atoms with Gasteiger partial charge in [-0.3, -0.25) is 9.79 Å². The molecule has 140 valence electrons. The summed E-state index contributed by atoms with van der Waals surface area (Å²) in [5.74, 6) is 0.872. The Kier molecular flexibility index (Phi) is 10.7. The largest absolute Gasteiger partial charge is 0.356 e. The number of amides is 1. The van der Waals surface area contributed by atoms with Crippen LogP contribution in [0.25, 0.3) is 0 Å². The van der Waals surface area contributed by atoms with Crippen molar-refractivity contribution in [2.24, 2.45) is 4.99 Å². The normalized spacial score (nSPS) is 10.6. The highest BCUT2D eigenvalue weighted by molar-refractivity contribution is 14.0. The lowest BCUT2D eigenvalue weighted by Gasteiger charge is -2.12. The molecule has 0 aliphatic rings. The van der Waals surface area contributed by atoms with E-state index in [1.807, 2.05) is 18.2 Å². The Balaban J connectivity index is 0.00000338. The second kappa shape index (κ2) is 12.5. The minimum Gasteiger partial charge on any atom is -0.356 e. The van der Waals surface area contributed by atoms with Crippen LogP contribution in [0.4, 0.5) is 10.1 Å². The van der Waals surface area contributed by atoms with E-state index in [-0.39, 0.29) is 42.2 Å². The zero-order valence-electron chi connectivity index (χ0n) is 14.4. The quantitative estimate of drug-likeness (QED) is 0.184. The van der Waals surface area contributed by atoms with E-state index in [1.54, 1.807) is 18.8 Å². The lowest BCUT2D eigenvalue weighted by atomic mass is 10.3. The van der Waals surface area contributed by atoms with Crippen molar-refractivity contribution in [3.8, 4) is 0 Å². The van der Waals surface area contributed by atoms with Gasteiger partial charge in [-0.1, -0.05) is 18.2 Å². The molecule has 0 fully saturated rings. The molecule has 0 atom stereocenters. The molecule has 0 aliphatic heterocycles. The molecule has 0 spiro atoms. The molecule has 2 aromatic carbocycles. The van der Waals surface area contributed by atoms with Crippen LogP contribution in [0.2, 0.25) is 0 Å². The summed E-state index contributed by atoms with van der Waals surface area (Å²) in [6.45, 7) is 0.793. The van der Waals surface area contributed by atoms with Crippen LogP contribution in [0.3, 0.4) is 0 Å². The highest BCUT2D eigenvalue weighted by Crippen LogP contribution is 2.15. The zero-order valence-corrected chi connectivity index (χ0v) is 17.5. The van der Waals surface area contributed by atoms with E-state index in [0.717, 1.165) is 12.3 Å². The van der Waals surface area contributed by atoms with Gasteiger partial charge in [0.2, 0.25) is 5.91 Å². The van der Waals surface area contributed by atoms with Gasteiger partial charge in [0.1, 0.15) is 5.82 Å². The molecule has 3 N–H and O–H groups in total. The maximum absolute atomic E-state index is 12.8. The number of anilines is 1. The fraction of sp³-hybridized carbons (Fsp3) is 0.222. The Morgan fingerprint density at radius 3 is 2.42 bits per heavy atom. The number of hydrogen-bond donors (Lipinski definition) is 3. The molecule has 0 saturated heterocycles. The van der Waals surface area contributed by atoms with Crippen molar-refractivity contribution < 1.29 is 9.18 Å². The fourth-order valence-corrected chi connectivity index (χ4v) is 2.77. The van der Waals surface area contributed by atoms with Gasteiger partial charge in [0.05, 0.1) is 6.54 Å². The first-order valence-electron chi connectivity index (χ1n) is 7.85. The summed E-state index contributed by atoms with van der Waals surface area (Å²) < 4.78 is 12.8. The highest BCUT2D eigenvalue weighted by atomic mass is 127. The molecule has 2 aromatic rings. The van der Waals surface area contributed by atoms with Crippen molar-refractivity contribution in [1.82, 2.24) is 10.6 Å². The van der Waals surface area contributed by atoms with Gasteiger partial charge in [-0.05, 0) is 36.4 Å². The van der Waals surface area contributed by atoms with E-state index in [0.29, 0.717) is 11.6 Å². The molecule has 8 heteroatoms. The molecular formula is C18H22FIN4OS. The minimum atomic E-state index is -0.339. The van der Waals surface area contributed by atoms with Gasteiger partial charge in [0.25, 0.3) is 0 Å². The predicted molar refractivity (Wildman–Crippen MR) is 117 cm³/mol. The fourth-order valence-electron chi connectivity index (χ4n) is 1.98. The van der Waals surface area contributed by atoms with Gasteiger partial charge < -0.3 is 16.0 Å². The van der Waals surface area contributed by atoms with Crippen molar-refractivity contribution in [1.29, 1.82) is 0 Å². The van der Waals surface area contributed by atoms with Gasteiger partial charge in [-0.2, -0.15) is 0 Å². The maximum atomic E-state index is 12.8. The summed E-state index contributed by atoms with van der Waals surface area (Å²) in [6.07, 6.45) is 0. The SMILES string of the molecule is CN=C(NCCSc1ccccc1)NCC(=O)Nc1ccc(F)cc1.I. The number of guanidine groups is 1. The van der Waals surface area contributed by atoms with Gasteiger partial charge in [0, 0.05) is 29.9 Å². The molecule has 1 amide bonds. The first-order valence-corrected chi connectivity index (χ1v) is 8.84. The molecule has 0 saturated carbocycles. The van der Waals surface area contributed by atoms with Crippen LogP contribution >= 0.6 is 35.7 Å². The second-order valence-corrected chi connectivity index (χ2v) is 6.24. The van der Waals surface area contributed by atoms with E-state index >= 15 is 0 Å². The summed E-state index contributed by atoms with van der Waals surface area (Å²) in [6, 6.07) is 15.8. The standard InChI is InChI=1S/C18H21FN4OS.HI/c1-20-18(21-11-12-25-16-5-3-2-4-6-16)22-13-17(24)23-15-9-7-14(19)8-10-15;/h2-10H,11-13H2,1H3,(H,23,24)(H2,20,21,22);1H. The second-order valence-electron chi connectivity index (χ2n) is 5.07. The van der Waals surface area contributed by atoms with E-state index in [1.165, 1.54) is 29.2 Å². The Bertz CT molecular complexity index is 698. The van der Waals surface area contributed by atoms with Crippen molar-refractivity contribution in [2.45, 2.75) is 4.90 Å². The molecule has 0 aliphatic carbocycles. The smallest absolute Gasteiger partial charge is 0.243 e. The number of rotatable bonds is 7. The molecular weight excluding hydrogens is 466 g/mol. The van der Waals surface area contributed by atoms with Gasteiger partial charge in [0.15, 0.2) is 5.96 Å². The van der Waals surface area contributed by atoms with Crippen LogP contribution in [-0.4, -0.2) is 37.8 Å². The molecule has 0 bridgehead atoms. The van der Waals surface area contributed by atoms with Crippen molar-refractivity contribution in [2.75, 3.05) is 31.2 Å². The monoisotopic (exact) mass is 488 g/mol. The van der Waals surface area contributed by atoms with E-state index in [2.05, 4.69) is 33.1 Å². The Morgan fingerprint density at radius 1 is 1.08 bits per heavy atom. The molecule has 0 radical (unpaired) electrons. The van der Waals surface area contributed by atoms with Gasteiger partial charge >= 0.3 is 0 Å². The summed E-state index contributed by atoms with van der Waals surface area (Å²) in [5.41, 5.74) is 0.551. The number of nitrogens with zero attached hydrogens (tertiary/aromatic N) is 1. The van der Waals surface area contributed by atoms with Gasteiger partial charge in [-0.15, -0.1) is 35.7 Å². The first-order chi connectivity index (χ1) is 12.2. The van der Waals surface area contributed by atoms with Gasteiger partial charge in [-0.25, -0.2) is 4.39 Å². The molecule has 26 heavy (non-hydrogen) atoms. The number of thioether (sulfide) groups is 1. The van der Waals surface area contributed by atoms with Crippen molar-refractivity contribution >= 4 is 53.3 Å². The number of nitrogens with one attached hydrogen (secondary N) is 3. The van der Waals surface area contributed by atoms with Crippen LogP contribution in [0.1, 0.15) is 0 Å². The number of hydrogen-bond acceptors (Lipinski definition) is 3. The predicted octanol–water partition coefficient (Wildman–Crippen LogP) is 3.34. The van der Waals surface area contributed by atoms with E-state index in [4.69, 9.17) is 0 Å². The molecule has 2 rings (SSSR count). The van der Waals surface area contributed by atoms with Crippen LogP contribution in [0.15, 0.2) is 64.5 Å². The first kappa shape index (κ1) is 22.2. The Labute approximate surface area is 174 Å². The summed E-state index contributed by atoms with van der Waals surface area (Å²) in [7, 11) is 1.65. The third-order valence-electron chi connectivity index (χ3n) is 3.17. The zero-order chi connectivity index (χ0) is 17.9. The average molecular weight is 488 g/mol. The number of aliphatic imine (C=N–C) groups is 1. The summed E-state index contributed by atoms with van der Waals surface area (Å²) in [4.78, 5) is 17.2. The lowest BCUT2D eigenvalue weighted by molar-refractivity contribution is -0.115. The maximum Gasteiger partial charge on any atom is 0.243 e. The van der Waals surface area contributed by atoms with Crippen LogP contribution in [-0.2, 0) is 4.79 Å². The Hall–Kier alpha value is -1.81. The van der Waals surface area contributed by atoms with Crippen LogP contribution in [0.5, 0.6) is 0 Å². The van der Waals surface area contributed by atoms with E-state index in [9.17, 15) is 9.18 Å². The topological polar surface area (TPSA) is 65.5 Å². The van der Waals surface area contributed by atoms with Crippen LogP contribution < -0.4 is 16.0 Å². The third kappa shape index (κ3) is 8.52. The average Bonchev–Trinajstić information content (AvgIpc) is 2.64. The molecule has 0 unspecified atom stereocenters. The minimum absolute atomic E-state index is 0. The summed E-state index contributed by atoms with van der Waals surface area (Å²) in [5, 5.41) is 8.78. The Morgan fingerprint density at radius 2 is 1.77 bits per heavy atom. The molecule has 0 aromatic heterocycles. The number of carbonyl (C=O) groups is 1. The molecule has 0 heterocycles. The van der Waals surface area contributed by atoms with Crippen molar-refractivity contribution in [3.05, 3.63) is 60.4 Å². The molecule has 5 nitrogen and oxygen atoms in total. The number of benzene rings is 2. The van der Waals surface area contributed by atoms with Crippen molar-refractivity contribution in [3.63, 3.8) is 0 Å². The lowest BCUT2D eigenvalue weighted by Crippen LogP contribution is -2.42.